The van der Waals surface area contributed by atoms with Gasteiger partial charge in [0.1, 0.15) is 0 Å². The summed E-state index contributed by atoms with van der Waals surface area (Å²) in [6.45, 7) is 2.84. The van der Waals surface area contributed by atoms with Crippen molar-refractivity contribution in [2.75, 3.05) is 6.54 Å². The maximum Gasteiger partial charge on any atom is 0.309 e. The molecule has 1 fully saturated rings. The molecule has 3 rings (SSSR count). The lowest BCUT2D eigenvalue weighted by Crippen LogP contribution is -2.43. The van der Waals surface area contributed by atoms with E-state index in [1.165, 1.54) is 5.56 Å². The first-order valence-corrected chi connectivity index (χ1v) is 9.50. The first-order valence-electron chi connectivity index (χ1n) is 9.50. The second-order valence-corrected chi connectivity index (χ2v) is 7.32. The van der Waals surface area contributed by atoms with Crippen molar-refractivity contribution in [3.05, 3.63) is 59.7 Å². The Labute approximate surface area is 160 Å². The fourth-order valence-corrected chi connectivity index (χ4v) is 3.57. The van der Waals surface area contributed by atoms with E-state index in [1.54, 1.807) is 0 Å². The maximum atomic E-state index is 12.0. The molecule has 0 spiro atoms. The Kier molecular flexibility index (Phi) is 6.24. The molecule has 2 amide bonds. The topological polar surface area (TPSA) is 84.2 Å². The van der Waals surface area contributed by atoms with Gasteiger partial charge in [0.2, 0.25) is 0 Å². The van der Waals surface area contributed by atoms with Crippen LogP contribution in [0.25, 0.3) is 11.1 Å². The third kappa shape index (κ3) is 5.17. The zero-order valence-corrected chi connectivity index (χ0v) is 15.7. The molecule has 0 aliphatic heterocycles. The number of carbonyl (C=O) groups is 2. The largest absolute Gasteiger partial charge is 0.348 e. The second kappa shape index (κ2) is 8.82. The molecule has 0 bridgehead atoms. The van der Waals surface area contributed by atoms with Crippen LogP contribution in [0.3, 0.4) is 0 Å². The molecule has 0 radical (unpaired) electrons. The third-order valence-electron chi connectivity index (χ3n) is 5.18. The highest BCUT2D eigenvalue weighted by Crippen LogP contribution is 2.23. The number of carbonyl (C=O) groups excluding carboxylic acids is 2. The van der Waals surface area contributed by atoms with Gasteiger partial charge in [0.15, 0.2) is 0 Å². The predicted molar refractivity (Wildman–Crippen MR) is 107 cm³/mol. The predicted octanol–water partition coefficient (Wildman–Crippen LogP) is 2.52. The van der Waals surface area contributed by atoms with Gasteiger partial charge in [-0.3, -0.25) is 9.59 Å². The molecule has 2 aromatic rings. The van der Waals surface area contributed by atoms with Gasteiger partial charge in [-0.05, 0) is 48.4 Å². The van der Waals surface area contributed by atoms with Crippen molar-refractivity contribution < 1.29 is 9.59 Å². The van der Waals surface area contributed by atoms with Crippen molar-refractivity contribution in [1.29, 1.82) is 0 Å². The van der Waals surface area contributed by atoms with E-state index in [2.05, 4.69) is 35.8 Å². The number of nitrogens with two attached hydrogens (primary N) is 1. The molecule has 4 N–H and O–H groups in total. The minimum Gasteiger partial charge on any atom is -0.348 e. The lowest BCUT2D eigenvalue weighted by molar-refractivity contribution is -0.139. The molecule has 2 unspecified atom stereocenters. The molecule has 0 heterocycles. The lowest BCUT2D eigenvalue weighted by Gasteiger charge is -2.15. The average Bonchev–Trinajstić information content (AvgIpc) is 3.09. The van der Waals surface area contributed by atoms with Crippen LogP contribution >= 0.6 is 0 Å². The number of amides is 2. The highest BCUT2D eigenvalue weighted by molar-refractivity contribution is 6.35. The monoisotopic (exact) mass is 365 g/mol. The Hall–Kier alpha value is -2.66. The van der Waals surface area contributed by atoms with E-state index in [9.17, 15) is 9.59 Å². The number of nitrogens with one attached hydrogen (secondary N) is 2. The number of aryl methyl sites for hydroxylation is 1. The lowest BCUT2D eigenvalue weighted by atomic mass is 10.0. The van der Waals surface area contributed by atoms with Crippen LogP contribution < -0.4 is 16.4 Å². The van der Waals surface area contributed by atoms with Crippen LogP contribution in [0.2, 0.25) is 0 Å². The molecule has 27 heavy (non-hydrogen) atoms. The van der Waals surface area contributed by atoms with Crippen molar-refractivity contribution in [3.63, 3.8) is 0 Å². The molecule has 142 valence electrons. The number of rotatable bonds is 5. The minimum absolute atomic E-state index is 0.123. The Bertz CT molecular complexity index is 819. The summed E-state index contributed by atoms with van der Waals surface area (Å²) in [5.74, 6) is -0.931. The summed E-state index contributed by atoms with van der Waals surface area (Å²) in [6, 6.07) is 16.4. The van der Waals surface area contributed by atoms with Crippen molar-refractivity contribution >= 4 is 11.8 Å². The number of hydrogen-bond acceptors (Lipinski definition) is 3. The van der Waals surface area contributed by atoms with Gasteiger partial charge in [-0.2, -0.15) is 0 Å². The standard InChI is InChI=1S/C22H27N3O2/c1-15-5-2-7-17(11-15)18-8-3-6-16(12-18)13-24-21(26)22(27)25-14-19-9-4-10-20(19)23/h2-3,5-8,11-12,19-20H,4,9-10,13-14,23H2,1H3,(H,24,26)(H,25,27). The van der Waals surface area contributed by atoms with Gasteiger partial charge in [0.05, 0.1) is 0 Å². The first-order chi connectivity index (χ1) is 13.0. The molecule has 1 aliphatic carbocycles. The SMILES string of the molecule is Cc1cccc(-c2cccc(CNC(=O)C(=O)NCC3CCCC3N)c2)c1. The summed E-state index contributed by atoms with van der Waals surface area (Å²) in [5.41, 5.74) is 10.4. The van der Waals surface area contributed by atoms with E-state index in [4.69, 9.17) is 5.73 Å². The van der Waals surface area contributed by atoms with Gasteiger partial charge in [0, 0.05) is 19.1 Å². The Morgan fingerprint density at radius 1 is 1.00 bits per heavy atom. The van der Waals surface area contributed by atoms with Gasteiger partial charge in [-0.25, -0.2) is 0 Å². The van der Waals surface area contributed by atoms with Crippen molar-refractivity contribution in [2.45, 2.75) is 38.8 Å². The van der Waals surface area contributed by atoms with Crippen LogP contribution in [0.1, 0.15) is 30.4 Å². The fraction of sp³-hybridized carbons (Fsp3) is 0.364. The van der Waals surface area contributed by atoms with E-state index in [1.807, 2.05) is 30.3 Å². The van der Waals surface area contributed by atoms with E-state index < -0.39 is 11.8 Å². The maximum absolute atomic E-state index is 12.0. The first kappa shape index (κ1) is 19.1. The smallest absolute Gasteiger partial charge is 0.309 e. The normalized spacial score (nSPS) is 18.9. The average molecular weight is 365 g/mol. The quantitative estimate of drug-likeness (QED) is 0.712. The summed E-state index contributed by atoms with van der Waals surface area (Å²) in [7, 11) is 0. The Morgan fingerprint density at radius 3 is 2.41 bits per heavy atom. The third-order valence-corrected chi connectivity index (χ3v) is 5.18. The van der Waals surface area contributed by atoms with E-state index >= 15 is 0 Å². The van der Waals surface area contributed by atoms with E-state index in [0.29, 0.717) is 13.1 Å². The van der Waals surface area contributed by atoms with Crippen LogP contribution in [-0.2, 0) is 16.1 Å². The fourth-order valence-electron chi connectivity index (χ4n) is 3.57. The summed E-state index contributed by atoms with van der Waals surface area (Å²) in [4.78, 5) is 24.0. The van der Waals surface area contributed by atoms with Crippen LogP contribution in [0.4, 0.5) is 0 Å². The van der Waals surface area contributed by atoms with Crippen LogP contribution in [0.5, 0.6) is 0 Å². The molecule has 2 aromatic carbocycles. The van der Waals surface area contributed by atoms with Crippen LogP contribution in [0.15, 0.2) is 48.5 Å². The van der Waals surface area contributed by atoms with Crippen LogP contribution in [0, 0.1) is 12.8 Å². The van der Waals surface area contributed by atoms with Crippen molar-refractivity contribution in [2.24, 2.45) is 11.7 Å². The molecule has 1 saturated carbocycles. The molecule has 1 aliphatic rings. The van der Waals surface area contributed by atoms with Gasteiger partial charge in [-0.15, -0.1) is 0 Å². The molecule has 2 atom stereocenters. The highest BCUT2D eigenvalue weighted by atomic mass is 16.2. The molecule has 5 heteroatoms. The van der Waals surface area contributed by atoms with Gasteiger partial charge < -0.3 is 16.4 Å². The molecule has 0 aromatic heterocycles. The summed E-state index contributed by atoms with van der Waals surface area (Å²) in [5, 5.41) is 5.40. The number of hydrogen-bond donors (Lipinski definition) is 3. The Balaban J connectivity index is 1.52. The van der Waals surface area contributed by atoms with Crippen molar-refractivity contribution in [1.82, 2.24) is 10.6 Å². The van der Waals surface area contributed by atoms with Crippen molar-refractivity contribution in [3.8, 4) is 11.1 Å². The van der Waals surface area contributed by atoms with Gasteiger partial charge in [-0.1, -0.05) is 54.4 Å². The summed E-state index contributed by atoms with van der Waals surface area (Å²) in [6.07, 6.45) is 3.09. The summed E-state index contributed by atoms with van der Waals surface area (Å²) < 4.78 is 0. The molecular formula is C22H27N3O2. The van der Waals surface area contributed by atoms with Gasteiger partial charge in [0.25, 0.3) is 0 Å². The zero-order chi connectivity index (χ0) is 19.2. The molecule has 0 saturated heterocycles. The Morgan fingerprint density at radius 2 is 1.70 bits per heavy atom. The molecular weight excluding hydrogens is 338 g/mol. The molecule has 5 nitrogen and oxygen atoms in total. The van der Waals surface area contributed by atoms with E-state index in [-0.39, 0.29) is 12.0 Å². The number of benzene rings is 2. The van der Waals surface area contributed by atoms with Gasteiger partial charge >= 0.3 is 11.8 Å². The highest BCUT2D eigenvalue weighted by Gasteiger charge is 2.25. The van der Waals surface area contributed by atoms with E-state index in [0.717, 1.165) is 36.0 Å². The zero-order valence-electron chi connectivity index (χ0n) is 15.7. The minimum atomic E-state index is -0.609. The summed E-state index contributed by atoms with van der Waals surface area (Å²) >= 11 is 0. The van der Waals surface area contributed by atoms with Crippen LogP contribution in [-0.4, -0.2) is 24.4 Å². The second-order valence-electron chi connectivity index (χ2n) is 7.32.